The number of nitrogens with one attached hydrogen (secondary N) is 1. The summed E-state index contributed by atoms with van der Waals surface area (Å²) in [6.45, 7) is 2.00. The van der Waals surface area contributed by atoms with Crippen molar-refractivity contribution in [1.82, 2.24) is 20.2 Å². The number of para-hydroxylation sites is 1. The second-order valence-electron chi connectivity index (χ2n) is 6.44. The molecular weight excluding hydrogens is 382 g/mol. The minimum absolute atomic E-state index is 0.109. The first kappa shape index (κ1) is 18.9. The number of nitrogens with zero attached hydrogens (tertiary/aromatic N) is 4. The molecule has 7 heteroatoms. The van der Waals surface area contributed by atoms with E-state index in [0.29, 0.717) is 5.16 Å². The number of hydrogen-bond acceptors (Lipinski definition) is 5. The van der Waals surface area contributed by atoms with Crippen molar-refractivity contribution in [3.05, 3.63) is 84.4 Å². The quantitative estimate of drug-likeness (QED) is 0.486. The minimum atomic E-state index is -0.109. The molecule has 1 N–H and O–H groups in total. The van der Waals surface area contributed by atoms with Crippen LogP contribution in [0.15, 0.2) is 84.0 Å². The van der Waals surface area contributed by atoms with E-state index >= 15 is 0 Å². The highest BCUT2D eigenvalue weighted by Crippen LogP contribution is 2.22. The van der Waals surface area contributed by atoms with Crippen LogP contribution in [0.4, 0.5) is 5.69 Å². The third-order valence-corrected chi connectivity index (χ3v) is 5.31. The Morgan fingerprint density at radius 2 is 1.62 bits per heavy atom. The first-order chi connectivity index (χ1) is 14.2. The van der Waals surface area contributed by atoms with Crippen molar-refractivity contribution < 1.29 is 4.79 Å². The van der Waals surface area contributed by atoms with Gasteiger partial charge in [-0.15, -0.1) is 5.10 Å². The molecule has 0 saturated carbocycles. The highest BCUT2D eigenvalue weighted by molar-refractivity contribution is 7.99. The number of carbonyl (C=O) groups is 1. The number of amides is 1. The molecular formula is C22H19N5OS. The maximum absolute atomic E-state index is 12.4. The van der Waals surface area contributed by atoms with Crippen molar-refractivity contribution >= 4 is 23.4 Å². The number of carbonyl (C=O) groups excluding carboxylic acids is 1. The largest absolute Gasteiger partial charge is 0.325 e. The van der Waals surface area contributed by atoms with Crippen LogP contribution >= 0.6 is 11.8 Å². The number of thioether (sulfide) groups is 1. The second kappa shape index (κ2) is 8.70. The summed E-state index contributed by atoms with van der Waals surface area (Å²) in [5, 5.41) is 15.3. The molecule has 0 atom stereocenters. The Balaban J connectivity index is 1.38. The van der Waals surface area contributed by atoms with Crippen molar-refractivity contribution in [2.75, 3.05) is 11.1 Å². The number of rotatable bonds is 6. The van der Waals surface area contributed by atoms with Crippen LogP contribution in [-0.2, 0) is 4.79 Å². The Labute approximate surface area is 173 Å². The van der Waals surface area contributed by atoms with Crippen LogP contribution < -0.4 is 5.32 Å². The fraction of sp³-hybridized carbons (Fsp3) is 0.0909. The Morgan fingerprint density at radius 3 is 2.38 bits per heavy atom. The van der Waals surface area contributed by atoms with Gasteiger partial charge in [-0.1, -0.05) is 72.4 Å². The molecule has 0 aliphatic heterocycles. The first-order valence-corrected chi connectivity index (χ1v) is 10.1. The average molecular weight is 401 g/mol. The van der Waals surface area contributed by atoms with E-state index in [1.54, 1.807) is 4.68 Å². The van der Waals surface area contributed by atoms with Crippen LogP contribution in [0.1, 0.15) is 5.56 Å². The molecule has 0 saturated heterocycles. The average Bonchev–Trinajstić information content (AvgIpc) is 3.22. The molecule has 0 bridgehead atoms. The summed E-state index contributed by atoms with van der Waals surface area (Å²) >= 11 is 1.30. The van der Waals surface area contributed by atoms with Gasteiger partial charge in [-0.05, 0) is 52.2 Å². The number of benzene rings is 3. The maximum atomic E-state index is 12.4. The third-order valence-electron chi connectivity index (χ3n) is 4.39. The molecule has 0 aliphatic carbocycles. The SMILES string of the molecule is Cc1ccccc1-n1nnnc1SCC(=O)Nc1ccc(-c2ccccc2)cc1. The summed E-state index contributed by atoms with van der Waals surface area (Å²) in [6.07, 6.45) is 0. The van der Waals surface area contributed by atoms with Crippen LogP contribution in [0.3, 0.4) is 0 Å². The first-order valence-electron chi connectivity index (χ1n) is 9.13. The van der Waals surface area contributed by atoms with Crippen LogP contribution in [0, 0.1) is 6.92 Å². The summed E-state index contributed by atoms with van der Waals surface area (Å²) < 4.78 is 1.65. The molecule has 1 heterocycles. The van der Waals surface area contributed by atoms with Gasteiger partial charge in [-0.3, -0.25) is 4.79 Å². The van der Waals surface area contributed by atoms with Gasteiger partial charge in [-0.2, -0.15) is 4.68 Å². The van der Waals surface area contributed by atoms with Crippen molar-refractivity contribution in [3.63, 3.8) is 0 Å². The lowest BCUT2D eigenvalue weighted by molar-refractivity contribution is -0.113. The minimum Gasteiger partial charge on any atom is -0.325 e. The predicted molar refractivity (Wildman–Crippen MR) is 115 cm³/mol. The van der Waals surface area contributed by atoms with Crippen molar-refractivity contribution in [3.8, 4) is 16.8 Å². The van der Waals surface area contributed by atoms with Gasteiger partial charge < -0.3 is 5.32 Å². The summed E-state index contributed by atoms with van der Waals surface area (Å²) in [6, 6.07) is 25.8. The predicted octanol–water partition coefficient (Wildman–Crippen LogP) is 4.37. The Kier molecular flexibility index (Phi) is 5.67. The van der Waals surface area contributed by atoms with E-state index in [2.05, 4.69) is 33.0 Å². The number of hydrogen-bond donors (Lipinski definition) is 1. The lowest BCUT2D eigenvalue weighted by Gasteiger charge is -2.08. The molecule has 1 aromatic heterocycles. The molecule has 144 valence electrons. The number of tetrazole rings is 1. The van der Waals surface area contributed by atoms with Gasteiger partial charge in [0.15, 0.2) is 0 Å². The molecule has 0 unspecified atom stereocenters. The smallest absolute Gasteiger partial charge is 0.234 e. The zero-order valence-electron chi connectivity index (χ0n) is 15.8. The standard InChI is InChI=1S/C22H19N5OS/c1-16-7-5-6-10-20(16)27-22(24-25-26-27)29-15-21(28)23-19-13-11-18(12-14-19)17-8-3-2-4-9-17/h2-14H,15H2,1H3,(H,23,28). The van der Waals surface area contributed by atoms with Gasteiger partial charge in [0.2, 0.25) is 11.1 Å². The number of aromatic nitrogens is 4. The molecule has 6 nitrogen and oxygen atoms in total. The highest BCUT2D eigenvalue weighted by atomic mass is 32.2. The van der Waals surface area contributed by atoms with Gasteiger partial charge in [0.1, 0.15) is 0 Å². The fourth-order valence-electron chi connectivity index (χ4n) is 2.92. The van der Waals surface area contributed by atoms with Crippen LogP contribution in [-0.4, -0.2) is 31.9 Å². The van der Waals surface area contributed by atoms with Gasteiger partial charge in [0.25, 0.3) is 0 Å². The van der Waals surface area contributed by atoms with Gasteiger partial charge in [0, 0.05) is 5.69 Å². The summed E-state index contributed by atoms with van der Waals surface area (Å²) in [7, 11) is 0. The lowest BCUT2D eigenvalue weighted by atomic mass is 10.1. The molecule has 0 fully saturated rings. The zero-order valence-corrected chi connectivity index (χ0v) is 16.6. The number of anilines is 1. The fourth-order valence-corrected chi connectivity index (χ4v) is 3.61. The summed E-state index contributed by atoms with van der Waals surface area (Å²) in [5.74, 6) is 0.106. The molecule has 29 heavy (non-hydrogen) atoms. The summed E-state index contributed by atoms with van der Waals surface area (Å²) in [4.78, 5) is 12.4. The monoisotopic (exact) mass is 401 g/mol. The van der Waals surface area contributed by atoms with E-state index in [9.17, 15) is 4.79 Å². The second-order valence-corrected chi connectivity index (χ2v) is 7.38. The topological polar surface area (TPSA) is 72.7 Å². The van der Waals surface area contributed by atoms with Gasteiger partial charge in [0.05, 0.1) is 11.4 Å². The van der Waals surface area contributed by atoms with E-state index in [4.69, 9.17) is 0 Å². The van der Waals surface area contributed by atoms with Crippen LogP contribution in [0.5, 0.6) is 0 Å². The van der Waals surface area contributed by atoms with Crippen LogP contribution in [0.25, 0.3) is 16.8 Å². The van der Waals surface area contributed by atoms with Crippen molar-refractivity contribution in [2.45, 2.75) is 12.1 Å². The van der Waals surface area contributed by atoms with Gasteiger partial charge >= 0.3 is 0 Å². The molecule has 4 aromatic rings. The molecule has 3 aromatic carbocycles. The van der Waals surface area contributed by atoms with E-state index < -0.39 is 0 Å². The van der Waals surface area contributed by atoms with Crippen LogP contribution in [0.2, 0.25) is 0 Å². The van der Waals surface area contributed by atoms with E-state index in [1.165, 1.54) is 11.8 Å². The van der Waals surface area contributed by atoms with E-state index in [0.717, 1.165) is 28.1 Å². The molecule has 1 amide bonds. The lowest BCUT2D eigenvalue weighted by Crippen LogP contribution is -2.14. The molecule has 0 radical (unpaired) electrons. The van der Waals surface area contributed by atoms with Crippen molar-refractivity contribution in [1.29, 1.82) is 0 Å². The van der Waals surface area contributed by atoms with E-state index in [1.807, 2.05) is 73.7 Å². The highest BCUT2D eigenvalue weighted by Gasteiger charge is 2.13. The van der Waals surface area contributed by atoms with Crippen molar-refractivity contribution in [2.24, 2.45) is 0 Å². The Hall–Kier alpha value is -3.45. The maximum Gasteiger partial charge on any atom is 0.234 e. The summed E-state index contributed by atoms with van der Waals surface area (Å²) in [5.41, 5.74) is 4.97. The van der Waals surface area contributed by atoms with E-state index in [-0.39, 0.29) is 11.7 Å². The molecule has 4 rings (SSSR count). The Morgan fingerprint density at radius 1 is 0.931 bits per heavy atom. The number of aryl methyl sites for hydroxylation is 1. The molecule has 0 aliphatic rings. The third kappa shape index (κ3) is 4.52. The normalized spacial score (nSPS) is 10.7. The Bertz CT molecular complexity index is 1110. The zero-order chi connectivity index (χ0) is 20.1. The molecule has 0 spiro atoms. The van der Waals surface area contributed by atoms with Gasteiger partial charge in [-0.25, -0.2) is 0 Å².